The number of aromatic nitrogens is 1. The van der Waals surface area contributed by atoms with Crippen LogP contribution in [0, 0.1) is 0 Å². The van der Waals surface area contributed by atoms with E-state index in [2.05, 4.69) is 9.98 Å². The van der Waals surface area contributed by atoms with E-state index in [4.69, 9.17) is 11.5 Å². The smallest absolute Gasteiger partial charge is 0.192 e. The fourth-order valence-electron chi connectivity index (χ4n) is 0.552. The Kier molecular flexibility index (Phi) is 4.51. The molecule has 0 amide bonds. The zero-order valence-corrected chi connectivity index (χ0v) is 8.10. The van der Waals surface area contributed by atoms with Crippen LogP contribution in [0.5, 0.6) is 0 Å². The first-order valence-electron chi connectivity index (χ1n) is 2.80. The lowest BCUT2D eigenvalue weighted by Crippen LogP contribution is -2.21. The standard InChI is InChI=1S/C6H8N4.HI/c7-6(8)10-5-3-1-2-4-9-5;/h1-4H,(H4,7,8,9,10);1H. The number of halogens is 1. The van der Waals surface area contributed by atoms with Crippen LogP contribution in [0.1, 0.15) is 0 Å². The molecule has 60 valence electrons. The molecule has 0 unspecified atom stereocenters. The average Bonchev–Trinajstić information content (AvgIpc) is 1.88. The molecule has 0 radical (unpaired) electrons. The van der Waals surface area contributed by atoms with Crippen LogP contribution in [0.2, 0.25) is 0 Å². The summed E-state index contributed by atoms with van der Waals surface area (Å²) < 4.78 is 0. The highest BCUT2D eigenvalue weighted by Crippen LogP contribution is 2.02. The predicted molar refractivity (Wildman–Crippen MR) is 55.1 cm³/mol. The molecule has 1 aromatic rings. The van der Waals surface area contributed by atoms with Crippen molar-refractivity contribution in [2.75, 3.05) is 0 Å². The van der Waals surface area contributed by atoms with E-state index in [0.29, 0.717) is 5.82 Å². The molecular formula is C6H9IN4. The predicted octanol–water partition coefficient (Wildman–Crippen LogP) is 0.605. The molecule has 5 heteroatoms. The highest BCUT2D eigenvalue weighted by Gasteiger charge is 1.85. The minimum absolute atomic E-state index is 0. The van der Waals surface area contributed by atoms with E-state index in [1.807, 2.05) is 6.07 Å². The van der Waals surface area contributed by atoms with Crippen LogP contribution in [-0.2, 0) is 0 Å². The van der Waals surface area contributed by atoms with E-state index in [-0.39, 0.29) is 29.9 Å². The molecule has 0 aliphatic rings. The van der Waals surface area contributed by atoms with Gasteiger partial charge in [-0.2, -0.15) is 4.99 Å². The van der Waals surface area contributed by atoms with Gasteiger partial charge in [-0.1, -0.05) is 6.07 Å². The van der Waals surface area contributed by atoms with Gasteiger partial charge in [0.1, 0.15) is 0 Å². The number of guanidine groups is 1. The van der Waals surface area contributed by atoms with Gasteiger partial charge in [0.05, 0.1) is 0 Å². The monoisotopic (exact) mass is 264 g/mol. The van der Waals surface area contributed by atoms with E-state index in [1.54, 1.807) is 18.3 Å². The maximum atomic E-state index is 5.11. The molecule has 0 spiro atoms. The zero-order chi connectivity index (χ0) is 7.40. The fraction of sp³-hybridized carbons (Fsp3) is 0. The molecule has 0 fully saturated rings. The summed E-state index contributed by atoms with van der Waals surface area (Å²) >= 11 is 0. The van der Waals surface area contributed by atoms with Crippen LogP contribution >= 0.6 is 24.0 Å². The van der Waals surface area contributed by atoms with Crippen molar-refractivity contribution in [2.24, 2.45) is 16.5 Å². The number of hydrogen-bond donors (Lipinski definition) is 2. The van der Waals surface area contributed by atoms with Crippen LogP contribution in [0.3, 0.4) is 0 Å². The van der Waals surface area contributed by atoms with Crippen molar-refractivity contribution in [1.29, 1.82) is 0 Å². The molecule has 4 N–H and O–H groups in total. The molecule has 0 aliphatic carbocycles. The Bertz CT molecular complexity index is 230. The van der Waals surface area contributed by atoms with Gasteiger partial charge in [0.2, 0.25) is 0 Å². The van der Waals surface area contributed by atoms with Gasteiger partial charge in [0.25, 0.3) is 0 Å². The Morgan fingerprint density at radius 2 is 2.09 bits per heavy atom. The Morgan fingerprint density at radius 3 is 2.55 bits per heavy atom. The second kappa shape index (κ2) is 4.89. The van der Waals surface area contributed by atoms with Gasteiger partial charge in [-0.25, -0.2) is 4.98 Å². The van der Waals surface area contributed by atoms with E-state index < -0.39 is 0 Å². The summed E-state index contributed by atoms with van der Waals surface area (Å²) in [5.74, 6) is 0.557. The highest BCUT2D eigenvalue weighted by atomic mass is 127. The summed E-state index contributed by atoms with van der Waals surface area (Å²) in [6, 6.07) is 5.33. The van der Waals surface area contributed by atoms with Crippen molar-refractivity contribution >= 4 is 35.8 Å². The minimum Gasteiger partial charge on any atom is -0.370 e. The summed E-state index contributed by atoms with van der Waals surface area (Å²) in [7, 11) is 0. The zero-order valence-electron chi connectivity index (χ0n) is 5.77. The van der Waals surface area contributed by atoms with Crippen LogP contribution in [0.4, 0.5) is 5.82 Å². The summed E-state index contributed by atoms with van der Waals surface area (Å²) in [6.45, 7) is 0. The second-order valence-electron chi connectivity index (χ2n) is 1.72. The summed E-state index contributed by atoms with van der Waals surface area (Å²) in [5, 5.41) is 0. The maximum Gasteiger partial charge on any atom is 0.192 e. The minimum atomic E-state index is 0. The number of aliphatic imine (C=N–C) groups is 1. The van der Waals surface area contributed by atoms with Crippen molar-refractivity contribution in [2.45, 2.75) is 0 Å². The first-order valence-corrected chi connectivity index (χ1v) is 2.80. The number of nitrogens with zero attached hydrogens (tertiary/aromatic N) is 2. The third-order valence-electron chi connectivity index (χ3n) is 0.893. The third-order valence-corrected chi connectivity index (χ3v) is 0.893. The molecule has 0 aromatic carbocycles. The normalized spacial score (nSPS) is 8.00. The molecule has 1 rings (SSSR count). The first-order chi connectivity index (χ1) is 4.79. The van der Waals surface area contributed by atoms with Gasteiger partial charge >= 0.3 is 0 Å². The summed E-state index contributed by atoms with van der Waals surface area (Å²) in [6.07, 6.45) is 1.63. The highest BCUT2D eigenvalue weighted by molar-refractivity contribution is 14.0. The van der Waals surface area contributed by atoms with Crippen LogP contribution in [-0.4, -0.2) is 10.9 Å². The third kappa shape index (κ3) is 3.76. The molecule has 0 saturated carbocycles. The van der Waals surface area contributed by atoms with E-state index in [9.17, 15) is 0 Å². The van der Waals surface area contributed by atoms with E-state index in [1.165, 1.54) is 0 Å². The lowest BCUT2D eigenvalue weighted by atomic mass is 10.5. The van der Waals surface area contributed by atoms with Crippen molar-refractivity contribution in [3.63, 3.8) is 0 Å². The van der Waals surface area contributed by atoms with Crippen molar-refractivity contribution in [3.8, 4) is 0 Å². The molecule has 0 saturated heterocycles. The van der Waals surface area contributed by atoms with Gasteiger partial charge in [0.15, 0.2) is 11.8 Å². The Balaban J connectivity index is 0.000001000. The molecule has 11 heavy (non-hydrogen) atoms. The Morgan fingerprint density at radius 1 is 1.36 bits per heavy atom. The molecule has 0 aliphatic heterocycles. The maximum absolute atomic E-state index is 5.11. The van der Waals surface area contributed by atoms with Crippen LogP contribution in [0.25, 0.3) is 0 Å². The number of hydrogen-bond acceptors (Lipinski definition) is 2. The fourth-order valence-corrected chi connectivity index (χ4v) is 0.552. The van der Waals surface area contributed by atoms with Gasteiger partial charge in [0, 0.05) is 6.20 Å². The molecule has 4 nitrogen and oxygen atoms in total. The second-order valence-corrected chi connectivity index (χ2v) is 1.72. The molecular weight excluding hydrogens is 255 g/mol. The Labute approximate surface area is 81.7 Å². The lowest BCUT2D eigenvalue weighted by Gasteiger charge is -1.90. The van der Waals surface area contributed by atoms with Crippen molar-refractivity contribution in [3.05, 3.63) is 24.4 Å². The first kappa shape index (κ1) is 10.2. The van der Waals surface area contributed by atoms with E-state index in [0.717, 1.165) is 0 Å². The summed E-state index contributed by atoms with van der Waals surface area (Å²) in [5.41, 5.74) is 10.2. The van der Waals surface area contributed by atoms with Crippen LogP contribution < -0.4 is 11.5 Å². The number of pyridine rings is 1. The van der Waals surface area contributed by atoms with Gasteiger partial charge in [-0.15, -0.1) is 24.0 Å². The number of nitrogens with two attached hydrogens (primary N) is 2. The molecule has 0 atom stereocenters. The largest absolute Gasteiger partial charge is 0.370 e. The quantitative estimate of drug-likeness (QED) is 0.443. The van der Waals surface area contributed by atoms with Crippen LogP contribution in [0.15, 0.2) is 29.4 Å². The van der Waals surface area contributed by atoms with Gasteiger partial charge in [-0.3, -0.25) is 0 Å². The molecule has 1 heterocycles. The molecule has 0 bridgehead atoms. The average molecular weight is 264 g/mol. The number of rotatable bonds is 1. The van der Waals surface area contributed by atoms with Gasteiger partial charge < -0.3 is 11.5 Å². The topological polar surface area (TPSA) is 77.3 Å². The van der Waals surface area contributed by atoms with Crippen molar-refractivity contribution < 1.29 is 0 Å². The van der Waals surface area contributed by atoms with Gasteiger partial charge in [-0.05, 0) is 12.1 Å². The van der Waals surface area contributed by atoms with Crippen molar-refractivity contribution in [1.82, 2.24) is 4.98 Å². The SMILES string of the molecule is I.NC(N)=Nc1ccccn1. The Hall–Kier alpha value is -0.850. The van der Waals surface area contributed by atoms with E-state index >= 15 is 0 Å². The molecule has 1 aromatic heterocycles. The lowest BCUT2D eigenvalue weighted by molar-refractivity contribution is 1.26. The summed E-state index contributed by atoms with van der Waals surface area (Å²) in [4.78, 5) is 7.59.